The van der Waals surface area contributed by atoms with Gasteiger partial charge in [0, 0.05) is 0 Å². The van der Waals surface area contributed by atoms with E-state index in [1.807, 2.05) is 62.4 Å². The Morgan fingerprint density at radius 2 is 1.28 bits per heavy atom. The molecule has 0 aliphatic carbocycles. The average Bonchev–Trinajstić information content (AvgIpc) is 2.63. The summed E-state index contributed by atoms with van der Waals surface area (Å²) in [6, 6.07) is 15.6. The predicted molar refractivity (Wildman–Crippen MR) is 93.1 cm³/mol. The van der Waals surface area contributed by atoms with Crippen LogP contribution in [-0.2, 0) is 9.47 Å². The van der Waals surface area contributed by atoms with Crippen molar-refractivity contribution in [3.8, 4) is 11.5 Å². The summed E-state index contributed by atoms with van der Waals surface area (Å²) < 4.78 is 22.2. The summed E-state index contributed by atoms with van der Waals surface area (Å²) in [7, 11) is 0. The number of carbonyl (C=O) groups excluding carboxylic acids is 1. The van der Waals surface area contributed by atoms with Crippen molar-refractivity contribution in [2.45, 2.75) is 13.8 Å². The highest BCUT2D eigenvalue weighted by Gasteiger charge is 2.40. The van der Waals surface area contributed by atoms with Crippen LogP contribution in [0.2, 0.25) is 0 Å². The standard InChI is InChI=1S/C20H22O5/c1-15-7-3-5-9-17(15)22-11-20(13-24-19(21)25-14-20)12-23-18-10-6-4-8-16(18)2/h3-10H,11-14H2,1-2H3. The lowest BCUT2D eigenvalue weighted by atomic mass is 9.91. The largest absolute Gasteiger partial charge is 0.508 e. The lowest BCUT2D eigenvalue weighted by molar-refractivity contribution is -0.0922. The van der Waals surface area contributed by atoms with Crippen molar-refractivity contribution >= 4 is 6.16 Å². The van der Waals surface area contributed by atoms with Gasteiger partial charge in [0.1, 0.15) is 43.3 Å². The average molecular weight is 342 g/mol. The number of cyclic esters (lactones) is 2. The van der Waals surface area contributed by atoms with Crippen LogP contribution in [0.25, 0.3) is 0 Å². The highest BCUT2D eigenvalue weighted by Crippen LogP contribution is 2.28. The molecule has 5 heteroatoms. The van der Waals surface area contributed by atoms with E-state index in [2.05, 4.69) is 0 Å². The third-order valence-electron chi connectivity index (χ3n) is 4.25. The Bertz CT molecular complexity index is 679. The molecule has 1 aliphatic rings. The molecule has 1 saturated heterocycles. The second-order valence-corrected chi connectivity index (χ2v) is 6.44. The number of hydrogen-bond acceptors (Lipinski definition) is 5. The molecule has 0 unspecified atom stereocenters. The third kappa shape index (κ3) is 4.24. The number of para-hydroxylation sites is 2. The van der Waals surface area contributed by atoms with Crippen LogP contribution in [0, 0.1) is 19.3 Å². The fourth-order valence-corrected chi connectivity index (χ4v) is 2.61. The quantitative estimate of drug-likeness (QED) is 0.745. The molecule has 0 N–H and O–H groups in total. The van der Waals surface area contributed by atoms with Gasteiger partial charge in [-0.1, -0.05) is 36.4 Å². The smallest absolute Gasteiger partial charge is 0.492 e. The molecule has 5 nitrogen and oxygen atoms in total. The van der Waals surface area contributed by atoms with E-state index in [0.717, 1.165) is 22.6 Å². The Morgan fingerprint density at radius 1 is 0.840 bits per heavy atom. The Hall–Kier alpha value is -2.69. The number of hydrogen-bond donors (Lipinski definition) is 0. The summed E-state index contributed by atoms with van der Waals surface area (Å²) in [4.78, 5) is 11.3. The van der Waals surface area contributed by atoms with Crippen molar-refractivity contribution in [1.29, 1.82) is 0 Å². The van der Waals surface area contributed by atoms with Crippen LogP contribution < -0.4 is 9.47 Å². The van der Waals surface area contributed by atoms with Gasteiger partial charge in [0.05, 0.1) is 0 Å². The molecule has 1 aliphatic heterocycles. The van der Waals surface area contributed by atoms with Crippen molar-refractivity contribution in [1.82, 2.24) is 0 Å². The molecule has 0 radical (unpaired) electrons. The second kappa shape index (κ2) is 7.47. The molecule has 3 rings (SSSR count). The lowest BCUT2D eigenvalue weighted by Gasteiger charge is -2.35. The predicted octanol–water partition coefficient (Wildman–Crippen LogP) is 3.91. The van der Waals surface area contributed by atoms with Gasteiger partial charge >= 0.3 is 6.16 Å². The first-order valence-corrected chi connectivity index (χ1v) is 8.24. The highest BCUT2D eigenvalue weighted by molar-refractivity contribution is 5.60. The second-order valence-electron chi connectivity index (χ2n) is 6.44. The van der Waals surface area contributed by atoms with E-state index in [1.54, 1.807) is 0 Å². The molecule has 25 heavy (non-hydrogen) atoms. The molecule has 1 heterocycles. The Kier molecular flexibility index (Phi) is 5.12. The van der Waals surface area contributed by atoms with Gasteiger partial charge in [-0.3, -0.25) is 0 Å². The van der Waals surface area contributed by atoms with E-state index in [4.69, 9.17) is 18.9 Å². The zero-order valence-electron chi connectivity index (χ0n) is 14.5. The number of rotatable bonds is 6. The molecule has 132 valence electrons. The third-order valence-corrected chi connectivity index (χ3v) is 4.25. The molecular weight excluding hydrogens is 320 g/mol. The van der Waals surface area contributed by atoms with E-state index in [-0.39, 0.29) is 13.2 Å². The summed E-state index contributed by atoms with van der Waals surface area (Å²) in [5.41, 5.74) is 1.54. The maximum Gasteiger partial charge on any atom is 0.508 e. The fourth-order valence-electron chi connectivity index (χ4n) is 2.61. The van der Waals surface area contributed by atoms with Crippen LogP contribution in [0.1, 0.15) is 11.1 Å². The summed E-state index contributed by atoms with van der Waals surface area (Å²) in [5, 5.41) is 0. The lowest BCUT2D eigenvalue weighted by Crippen LogP contribution is -2.48. The zero-order chi connectivity index (χ0) is 17.7. The van der Waals surface area contributed by atoms with Crippen molar-refractivity contribution < 1.29 is 23.7 Å². The highest BCUT2D eigenvalue weighted by atomic mass is 16.7. The molecule has 1 fully saturated rings. The van der Waals surface area contributed by atoms with Gasteiger partial charge in [-0.05, 0) is 37.1 Å². The van der Waals surface area contributed by atoms with Crippen molar-refractivity contribution in [3.63, 3.8) is 0 Å². The van der Waals surface area contributed by atoms with Gasteiger partial charge in [0.25, 0.3) is 0 Å². The first-order valence-electron chi connectivity index (χ1n) is 8.24. The topological polar surface area (TPSA) is 54.0 Å². The normalized spacial score (nSPS) is 15.8. The van der Waals surface area contributed by atoms with E-state index in [1.165, 1.54) is 0 Å². The van der Waals surface area contributed by atoms with Crippen molar-refractivity contribution in [2.75, 3.05) is 26.4 Å². The molecule has 0 atom stereocenters. The Labute approximate surface area is 147 Å². The van der Waals surface area contributed by atoms with Gasteiger partial charge < -0.3 is 18.9 Å². The number of ether oxygens (including phenoxy) is 4. The van der Waals surface area contributed by atoms with Crippen LogP contribution in [-0.4, -0.2) is 32.6 Å². The van der Waals surface area contributed by atoms with Crippen LogP contribution in [0.4, 0.5) is 4.79 Å². The number of carbonyl (C=O) groups is 1. The van der Waals surface area contributed by atoms with E-state index >= 15 is 0 Å². The van der Waals surface area contributed by atoms with Crippen LogP contribution >= 0.6 is 0 Å². The fraction of sp³-hybridized carbons (Fsp3) is 0.350. The maximum atomic E-state index is 11.3. The van der Waals surface area contributed by atoms with E-state index in [0.29, 0.717) is 13.2 Å². The molecule has 0 amide bonds. The van der Waals surface area contributed by atoms with Gasteiger partial charge in [0.2, 0.25) is 0 Å². The van der Waals surface area contributed by atoms with Gasteiger partial charge in [-0.15, -0.1) is 0 Å². The zero-order valence-corrected chi connectivity index (χ0v) is 14.5. The molecule has 0 aromatic heterocycles. The minimum Gasteiger partial charge on any atom is -0.492 e. The SMILES string of the molecule is Cc1ccccc1OCC1(COc2ccccc2C)COC(=O)OC1. The van der Waals surface area contributed by atoms with E-state index in [9.17, 15) is 4.79 Å². The van der Waals surface area contributed by atoms with Gasteiger partial charge in [0.15, 0.2) is 0 Å². The molecule has 0 saturated carbocycles. The summed E-state index contributed by atoms with van der Waals surface area (Å²) >= 11 is 0. The summed E-state index contributed by atoms with van der Waals surface area (Å²) in [6.45, 7) is 5.04. The minimum absolute atomic E-state index is 0.198. The monoisotopic (exact) mass is 342 g/mol. The first-order chi connectivity index (χ1) is 12.1. The number of aryl methyl sites for hydroxylation is 2. The van der Waals surface area contributed by atoms with Crippen LogP contribution in [0.3, 0.4) is 0 Å². The van der Waals surface area contributed by atoms with Crippen LogP contribution in [0.15, 0.2) is 48.5 Å². The Morgan fingerprint density at radius 3 is 1.72 bits per heavy atom. The molecule has 2 aromatic carbocycles. The van der Waals surface area contributed by atoms with Crippen molar-refractivity contribution in [2.24, 2.45) is 5.41 Å². The molecule has 2 aromatic rings. The molecule has 0 bridgehead atoms. The van der Waals surface area contributed by atoms with Crippen LogP contribution in [0.5, 0.6) is 11.5 Å². The number of benzene rings is 2. The maximum absolute atomic E-state index is 11.3. The molecular formula is C20H22O5. The Balaban J connectivity index is 1.71. The minimum atomic E-state index is -0.651. The van der Waals surface area contributed by atoms with Gasteiger partial charge in [-0.25, -0.2) is 4.79 Å². The first kappa shape index (κ1) is 17.1. The summed E-state index contributed by atoms with van der Waals surface area (Å²) in [5.74, 6) is 1.60. The summed E-state index contributed by atoms with van der Waals surface area (Å²) in [6.07, 6.45) is -0.651. The van der Waals surface area contributed by atoms with Crippen molar-refractivity contribution in [3.05, 3.63) is 59.7 Å². The van der Waals surface area contributed by atoms with Gasteiger partial charge in [-0.2, -0.15) is 0 Å². The van der Waals surface area contributed by atoms with E-state index < -0.39 is 11.6 Å². The molecule has 0 spiro atoms.